The Morgan fingerprint density at radius 3 is 2.16 bits per heavy atom. The molecule has 0 bridgehead atoms. The van der Waals surface area contributed by atoms with E-state index in [0.29, 0.717) is 0 Å². The maximum Gasteiger partial charge on any atom is 0.197 e. The molecule has 0 aliphatic rings. The van der Waals surface area contributed by atoms with Crippen molar-refractivity contribution in [3.63, 3.8) is 0 Å². The number of aromatic amines is 1. The Kier molecular flexibility index (Phi) is 3.00. The summed E-state index contributed by atoms with van der Waals surface area (Å²) in [6, 6.07) is 32.4. The van der Waals surface area contributed by atoms with E-state index in [4.69, 9.17) is 4.98 Å². The summed E-state index contributed by atoms with van der Waals surface area (Å²) in [4.78, 5) is 9.68. The van der Waals surface area contributed by atoms with E-state index < -0.39 is 0 Å². The zero-order chi connectivity index (χ0) is 20.8. The molecule has 150 valence electrons. The zero-order valence-corrected chi connectivity index (χ0v) is 17.7. The number of fused-ring (bicyclic) bond motifs is 10. The van der Waals surface area contributed by atoms with E-state index in [1.807, 2.05) is 0 Å². The summed E-state index contributed by atoms with van der Waals surface area (Å²) in [6.07, 6.45) is 0. The number of thiazole rings is 1. The first-order chi connectivity index (χ1) is 15.9. The van der Waals surface area contributed by atoms with Gasteiger partial charge in [0.2, 0.25) is 0 Å². The first-order valence-electron chi connectivity index (χ1n) is 10.7. The number of benzene rings is 4. The summed E-state index contributed by atoms with van der Waals surface area (Å²) in [5.41, 5.74) is 7.98. The highest BCUT2D eigenvalue weighted by Gasteiger charge is 2.17. The molecule has 0 atom stereocenters. The normalized spacial score (nSPS) is 12.4. The van der Waals surface area contributed by atoms with Crippen LogP contribution in [0.2, 0.25) is 0 Å². The second kappa shape index (κ2) is 5.78. The fraction of sp³-hybridized carbons (Fsp3) is 0. The number of rotatable bonds is 1. The molecule has 0 fully saturated rings. The molecule has 4 aromatic carbocycles. The molecule has 0 aliphatic carbocycles. The van der Waals surface area contributed by atoms with Crippen molar-refractivity contribution in [3.8, 4) is 5.69 Å². The third-order valence-corrected chi connectivity index (χ3v) is 7.53. The molecule has 0 unspecified atom stereocenters. The number of nitrogens with one attached hydrogen (secondary N) is 1. The van der Waals surface area contributed by atoms with Crippen molar-refractivity contribution < 1.29 is 0 Å². The van der Waals surface area contributed by atoms with Gasteiger partial charge in [-0.3, -0.25) is 4.40 Å². The molecule has 8 aromatic rings. The first kappa shape index (κ1) is 16.6. The average molecular weight is 429 g/mol. The van der Waals surface area contributed by atoms with E-state index in [1.54, 1.807) is 11.3 Å². The van der Waals surface area contributed by atoms with Gasteiger partial charge in [0.1, 0.15) is 11.2 Å². The number of hydrogen-bond donors (Lipinski definition) is 1. The average Bonchev–Trinajstić information content (AvgIpc) is 3.55. The van der Waals surface area contributed by atoms with Gasteiger partial charge in [-0.25, -0.2) is 4.98 Å². The fourth-order valence-corrected chi connectivity index (χ4v) is 6.15. The van der Waals surface area contributed by atoms with Gasteiger partial charge in [-0.05, 0) is 42.5 Å². The van der Waals surface area contributed by atoms with E-state index in [0.717, 1.165) is 32.7 Å². The quantitative estimate of drug-likeness (QED) is 0.293. The highest BCUT2D eigenvalue weighted by Crippen LogP contribution is 2.36. The van der Waals surface area contributed by atoms with Crippen LogP contribution in [0.25, 0.3) is 64.7 Å². The van der Waals surface area contributed by atoms with Crippen LogP contribution in [0.15, 0.2) is 91.0 Å². The Morgan fingerprint density at radius 2 is 1.38 bits per heavy atom. The highest BCUT2D eigenvalue weighted by atomic mass is 32.1. The van der Waals surface area contributed by atoms with E-state index in [1.165, 1.54) is 32.0 Å². The van der Waals surface area contributed by atoms with Gasteiger partial charge in [-0.1, -0.05) is 59.9 Å². The monoisotopic (exact) mass is 428 g/mol. The van der Waals surface area contributed by atoms with E-state index in [-0.39, 0.29) is 0 Å². The smallest absolute Gasteiger partial charge is 0.197 e. The summed E-state index contributed by atoms with van der Waals surface area (Å²) in [5.74, 6) is 0. The summed E-state index contributed by atoms with van der Waals surface area (Å²) in [6.45, 7) is 0. The van der Waals surface area contributed by atoms with Crippen LogP contribution in [-0.4, -0.2) is 18.9 Å². The number of aromatic nitrogens is 4. The number of nitrogens with zero attached hydrogens (tertiary/aromatic N) is 3. The van der Waals surface area contributed by atoms with Gasteiger partial charge < -0.3 is 9.55 Å². The number of hydrogen-bond acceptors (Lipinski definition) is 2. The van der Waals surface area contributed by atoms with Crippen LogP contribution < -0.4 is 0 Å². The van der Waals surface area contributed by atoms with Crippen molar-refractivity contribution in [3.05, 3.63) is 91.0 Å². The van der Waals surface area contributed by atoms with E-state index >= 15 is 0 Å². The minimum Gasteiger partial charge on any atom is -0.339 e. The van der Waals surface area contributed by atoms with Crippen LogP contribution in [-0.2, 0) is 0 Å². The molecule has 4 nitrogen and oxygen atoms in total. The van der Waals surface area contributed by atoms with E-state index in [9.17, 15) is 0 Å². The van der Waals surface area contributed by atoms with Crippen LogP contribution >= 0.6 is 11.3 Å². The van der Waals surface area contributed by atoms with E-state index in [2.05, 4.69) is 105 Å². The molecule has 1 N–H and O–H groups in total. The van der Waals surface area contributed by atoms with Crippen LogP contribution in [0, 0.1) is 0 Å². The molecule has 4 heterocycles. The van der Waals surface area contributed by atoms with Crippen molar-refractivity contribution >= 4 is 70.4 Å². The maximum absolute atomic E-state index is 5.03. The lowest BCUT2D eigenvalue weighted by molar-refractivity contribution is 1.18. The van der Waals surface area contributed by atoms with Crippen molar-refractivity contribution in [2.75, 3.05) is 0 Å². The SMILES string of the molecule is c1ccc2c(c1)sc1nc3c4cc(-n5c6ccccc6c6ccccc65)ccc4[nH]c3n12. The lowest BCUT2D eigenvalue weighted by Crippen LogP contribution is -1.93. The topological polar surface area (TPSA) is 38.0 Å². The minimum absolute atomic E-state index is 1.02. The molecular formula is C27H16N4S. The Labute approximate surface area is 186 Å². The Balaban J connectivity index is 1.47. The third kappa shape index (κ3) is 1.99. The molecule has 5 heteroatoms. The Morgan fingerprint density at radius 1 is 0.688 bits per heavy atom. The second-order valence-corrected chi connectivity index (χ2v) is 9.23. The molecule has 8 rings (SSSR count). The number of para-hydroxylation sites is 3. The molecule has 0 spiro atoms. The first-order valence-corrected chi connectivity index (χ1v) is 11.5. The number of imidazole rings is 1. The fourth-order valence-electron chi connectivity index (χ4n) is 5.13. The summed E-state index contributed by atoms with van der Waals surface area (Å²) < 4.78 is 5.85. The third-order valence-electron chi connectivity index (χ3n) is 6.50. The summed E-state index contributed by atoms with van der Waals surface area (Å²) >= 11 is 1.73. The Bertz CT molecular complexity index is 1940. The van der Waals surface area contributed by atoms with Crippen molar-refractivity contribution in [1.29, 1.82) is 0 Å². The second-order valence-electron chi connectivity index (χ2n) is 8.22. The summed E-state index contributed by atoms with van der Waals surface area (Å²) in [5, 5.41) is 3.70. The van der Waals surface area contributed by atoms with Gasteiger partial charge in [-0.2, -0.15) is 0 Å². The van der Waals surface area contributed by atoms with Gasteiger partial charge in [0.15, 0.2) is 4.96 Å². The van der Waals surface area contributed by atoms with Crippen LogP contribution in [0.5, 0.6) is 0 Å². The predicted molar refractivity (Wildman–Crippen MR) is 134 cm³/mol. The molecule has 0 saturated carbocycles. The van der Waals surface area contributed by atoms with Gasteiger partial charge in [0.05, 0.1) is 21.3 Å². The van der Waals surface area contributed by atoms with Crippen LogP contribution in [0.1, 0.15) is 0 Å². The zero-order valence-electron chi connectivity index (χ0n) is 16.9. The van der Waals surface area contributed by atoms with Crippen molar-refractivity contribution in [2.45, 2.75) is 0 Å². The molecule has 0 amide bonds. The van der Waals surface area contributed by atoms with Gasteiger partial charge in [-0.15, -0.1) is 0 Å². The van der Waals surface area contributed by atoms with Crippen LogP contribution in [0.3, 0.4) is 0 Å². The maximum atomic E-state index is 5.03. The summed E-state index contributed by atoms with van der Waals surface area (Å²) in [7, 11) is 0. The minimum atomic E-state index is 1.02. The molecule has 0 saturated heterocycles. The highest BCUT2D eigenvalue weighted by molar-refractivity contribution is 7.23. The molecule has 4 aromatic heterocycles. The number of H-pyrrole nitrogens is 1. The van der Waals surface area contributed by atoms with Gasteiger partial charge in [0, 0.05) is 27.4 Å². The Hall–Kier alpha value is -4.09. The molecule has 0 aliphatic heterocycles. The van der Waals surface area contributed by atoms with Crippen molar-refractivity contribution in [1.82, 2.24) is 18.9 Å². The lowest BCUT2D eigenvalue weighted by Gasteiger charge is -2.08. The largest absolute Gasteiger partial charge is 0.339 e. The standard InChI is InChI=1S/C27H16N4S/c1-3-9-21-17(7-1)18-8-2-4-10-22(18)30(21)16-13-14-20-19(15-16)25-26(28-20)31-23-11-5-6-12-24(23)32-27(31)29-25/h1-15,28H. The molecule has 32 heavy (non-hydrogen) atoms. The van der Waals surface area contributed by atoms with Crippen LogP contribution in [0.4, 0.5) is 0 Å². The van der Waals surface area contributed by atoms with Gasteiger partial charge >= 0.3 is 0 Å². The van der Waals surface area contributed by atoms with Crippen molar-refractivity contribution in [2.24, 2.45) is 0 Å². The van der Waals surface area contributed by atoms with Gasteiger partial charge in [0.25, 0.3) is 0 Å². The molecular weight excluding hydrogens is 412 g/mol. The lowest BCUT2D eigenvalue weighted by atomic mass is 10.2. The molecule has 0 radical (unpaired) electrons. The predicted octanol–water partition coefficient (Wildman–Crippen LogP) is 7.28.